The molecule has 0 fully saturated rings. The Labute approximate surface area is 107 Å². The highest BCUT2D eigenvalue weighted by Gasteiger charge is 2.13. The molecule has 6 heteroatoms. The van der Waals surface area contributed by atoms with E-state index in [0.29, 0.717) is 10.0 Å². The van der Waals surface area contributed by atoms with E-state index < -0.39 is 0 Å². The van der Waals surface area contributed by atoms with E-state index >= 15 is 0 Å². The van der Waals surface area contributed by atoms with Crippen molar-refractivity contribution >= 4 is 34.5 Å². The zero-order valence-corrected chi connectivity index (χ0v) is 10.8. The third-order valence-corrected chi connectivity index (χ3v) is 3.99. The summed E-state index contributed by atoms with van der Waals surface area (Å²) in [5.41, 5.74) is 6.51. The maximum absolute atomic E-state index is 6.09. The molecule has 0 aliphatic heterocycles. The molecule has 0 spiro atoms. The predicted octanol–water partition coefficient (Wildman–Crippen LogP) is 3.53. The molecule has 16 heavy (non-hydrogen) atoms. The minimum atomic E-state index is -0.121. The molecule has 0 amide bonds. The summed E-state index contributed by atoms with van der Waals surface area (Å²) in [7, 11) is 0. The maximum Gasteiger partial charge on any atom is 0.149 e. The van der Waals surface area contributed by atoms with E-state index in [9.17, 15) is 0 Å². The highest BCUT2D eigenvalue weighted by atomic mass is 35.5. The van der Waals surface area contributed by atoms with Crippen LogP contribution in [0.2, 0.25) is 10.0 Å². The number of hydrogen-bond donors (Lipinski definition) is 1. The molecule has 2 N–H and O–H groups in total. The summed E-state index contributed by atoms with van der Waals surface area (Å²) < 4.78 is 0. The third-order valence-electron chi connectivity index (χ3n) is 2.01. The van der Waals surface area contributed by atoms with Gasteiger partial charge in [-0.1, -0.05) is 46.7 Å². The molecule has 3 nitrogen and oxygen atoms in total. The van der Waals surface area contributed by atoms with Crippen molar-refractivity contribution in [3.05, 3.63) is 33.3 Å². The fraction of sp³-hybridized carbons (Fsp3) is 0.200. The average molecular weight is 274 g/mol. The Bertz CT molecular complexity index is 511. The first-order valence-corrected chi connectivity index (χ1v) is 6.20. The van der Waals surface area contributed by atoms with E-state index in [0.717, 1.165) is 15.6 Å². The van der Waals surface area contributed by atoms with E-state index in [2.05, 4.69) is 10.2 Å². The second kappa shape index (κ2) is 4.67. The topological polar surface area (TPSA) is 51.8 Å². The van der Waals surface area contributed by atoms with Crippen molar-refractivity contribution in [2.45, 2.75) is 13.0 Å². The normalized spacial score (nSPS) is 12.8. The second-order valence-corrected chi connectivity index (χ2v) is 5.13. The highest BCUT2D eigenvalue weighted by molar-refractivity contribution is 7.14. The summed E-state index contributed by atoms with van der Waals surface area (Å²) in [6, 6.07) is 5.31. The van der Waals surface area contributed by atoms with Crippen LogP contribution in [0.5, 0.6) is 0 Å². The van der Waals surface area contributed by atoms with Crippen LogP contribution in [0.15, 0.2) is 18.2 Å². The van der Waals surface area contributed by atoms with Gasteiger partial charge in [-0.05, 0) is 13.0 Å². The Kier molecular flexibility index (Phi) is 3.44. The van der Waals surface area contributed by atoms with Crippen molar-refractivity contribution in [1.29, 1.82) is 0 Å². The van der Waals surface area contributed by atoms with Crippen molar-refractivity contribution in [2.24, 2.45) is 5.73 Å². The fourth-order valence-corrected chi connectivity index (χ4v) is 2.47. The molecule has 1 heterocycles. The lowest BCUT2D eigenvalue weighted by atomic mass is 10.2. The number of nitrogens with zero attached hydrogens (tertiary/aromatic N) is 2. The van der Waals surface area contributed by atoms with Gasteiger partial charge in [0.2, 0.25) is 0 Å². The number of halogens is 2. The summed E-state index contributed by atoms with van der Waals surface area (Å²) in [5.74, 6) is 0. The number of aromatic nitrogens is 2. The van der Waals surface area contributed by atoms with Crippen LogP contribution in [0.3, 0.4) is 0 Å². The Morgan fingerprint density at radius 1 is 1.31 bits per heavy atom. The van der Waals surface area contributed by atoms with Gasteiger partial charge in [0.15, 0.2) is 0 Å². The Balaban J connectivity index is 2.47. The first-order valence-electron chi connectivity index (χ1n) is 4.63. The molecule has 2 aromatic rings. The van der Waals surface area contributed by atoms with Gasteiger partial charge in [0, 0.05) is 5.56 Å². The molecule has 1 aromatic carbocycles. The Morgan fingerprint density at radius 2 is 2.06 bits per heavy atom. The van der Waals surface area contributed by atoms with Gasteiger partial charge in [-0.25, -0.2) is 0 Å². The van der Waals surface area contributed by atoms with Gasteiger partial charge >= 0.3 is 0 Å². The van der Waals surface area contributed by atoms with E-state index in [1.54, 1.807) is 6.07 Å². The molecule has 0 aliphatic rings. The van der Waals surface area contributed by atoms with Gasteiger partial charge in [-0.2, -0.15) is 0 Å². The van der Waals surface area contributed by atoms with Gasteiger partial charge in [-0.3, -0.25) is 0 Å². The van der Waals surface area contributed by atoms with Gasteiger partial charge in [0.1, 0.15) is 10.0 Å². The van der Waals surface area contributed by atoms with Crippen molar-refractivity contribution in [2.75, 3.05) is 0 Å². The van der Waals surface area contributed by atoms with Crippen LogP contribution in [0, 0.1) is 0 Å². The minimum Gasteiger partial charge on any atom is -0.322 e. The predicted molar refractivity (Wildman–Crippen MR) is 68.0 cm³/mol. The van der Waals surface area contributed by atoms with Crippen LogP contribution in [-0.2, 0) is 0 Å². The Hall–Kier alpha value is -0.680. The number of benzene rings is 1. The fourth-order valence-electron chi connectivity index (χ4n) is 1.20. The van der Waals surface area contributed by atoms with Crippen LogP contribution in [0.1, 0.15) is 18.0 Å². The number of hydrogen-bond acceptors (Lipinski definition) is 4. The van der Waals surface area contributed by atoms with E-state index in [-0.39, 0.29) is 6.04 Å². The molecule has 0 saturated carbocycles. The largest absolute Gasteiger partial charge is 0.322 e. The molecule has 0 radical (unpaired) electrons. The zero-order valence-electron chi connectivity index (χ0n) is 8.45. The minimum absolute atomic E-state index is 0.121. The van der Waals surface area contributed by atoms with Crippen molar-refractivity contribution in [3.63, 3.8) is 0 Å². The van der Waals surface area contributed by atoms with Crippen LogP contribution in [-0.4, -0.2) is 10.2 Å². The van der Waals surface area contributed by atoms with Crippen LogP contribution in [0.4, 0.5) is 0 Å². The van der Waals surface area contributed by atoms with Crippen molar-refractivity contribution in [1.82, 2.24) is 10.2 Å². The van der Waals surface area contributed by atoms with E-state index in [1.165, 1.54) is 11.3 Å². The molecular formula is C10H9Cl2N3S. The van der Waals surface area contributed by atoms with Gasteiger partial charge in [0.25, 0.3) is 0 Å². The smallest absolute Gasteiger partial charge is 0.149 e. The molecule has 1 unspecified atom stereocenters. The molecule has 2 rings (SSSR count). The van der Waals surface area contributed by atoms with Crippen LogP contribution in [0.25, 0.3) is 10.6 Å². The number of rotatable bonds is 2. The Morgan fingerprint density at radius 3 is 2.69 bits per heavy atom. The van der Waals surface area contributed by atoms with Gasteiger partial charge < -0.3 is 5.73 Å². The quantitative estimate of drug-likeness (QED) is 0.911. The molecule has 0 aliphatic carbocycles. The summed E-state index contributed by atoms with van der Waals surface area (Å²) in [6.07, 6.45) is 0. The molecular weight excluding hydrogens is 265 g/mol. The molecule has 84 valence electrons. The summed E-state index contributed by atoms with van der Waals surface area (Å²) >= 11 is 13.5. The maximum atomic E-state index is 6.09. The molecule has 0 saturated heterocycles. The van der Waals surface area contributed by atoms with E-state index in [1.807, 2.05) is 19.1 Å². The third kappa shape index (κ3) is 2.20. The summed E-state index contributed by atoms with van der Waals surface area (Å²) in [4.78, 5) is 0. The monoisotopic (exact) mass is 273 g/mol. The van der Waals surface area contributed by atoms with Crippen LogP contribution < -0.4 is 5.73 Å². The highest BCUT2D eigenvalue weighted by Crippen LogP contribution is 2.35. The van der Waals surface area contributed by atoms with Gasteiger partial charge in [0.05, 0.1) is 16.1 Å². The summed E-state index contributed by atoms with van der Waals surface area (Å²) in [6.45, 7) is 1.86. The first-order chi connectivity index (χ1) is 7.59. The van der Waals surface area contributed by atoms with Crippen molar-refractivity contribution in [3.8, 4) is 10.6 Å². The summed E-state index contributed by atoms with van der Waals surface area (Å²) in [5, 5.41) is 10.6. The molecule has 0 bridgehead atoms. The standard InChI is InChI=1S/C10H9Cl2N3S/c1-5(13)9-14-15-10(16-9)6-3-2-4-7(11)8(6)12/h2-5H,13H2,1H3. The first kappa shape index (κ1) is 11.8. The lowest BCUT2D eigenvalue weighted by Crippen LogP contribution is -2.03. The van der Waals surface area contributed by atoms with Crippen molar-refractivity contribution < 1.29 is 0 Å². The molecule has 1 atom stereocenters. The van der Waals surface area contributed by atoms with Crippen LogP contribution >= 0.6 is 34.5 Å². The zero-order chi connectivity index (χ0) is 11.7. The number of nitrogens with two attached hydrogens (primary N) is 1. The molecule has 1 aromatic heterocycles. The SMILES string of the molecule is CC(N)c1nnc(-c2cccc(Cl)c2Cl)s1. The second-order valence-electron chi connectivity index (χ2n) is 3.34. The lowest BCUT2D eigenvalue weighted by Gasteiger charge is -2.00. The lowest BCUT2D eigenvalue weighted by molar-refractivity contribution is 0.786. The van der Waals surface area contributed by atoms with Gasteiger partial charge in [-0.15, -0.1) is 10.2 Å². The average Bonchev–Trinajstić information content (AvgIpc) is 2.71. The van der Waals surface area contributed by atoms with E-state index in [4.69, 9.17) is 28.9 Å².